The average molecular weight is 341 g/mol. The Labute approximate surface area is 147 Å². The maximum absolute atomic E-state index is 12.5. The normalized spacial score (nSPS) is 17.4. The van der Waals surface area contributed by atoms with Crippen molar-refractivity contribution in [2.75, 3.05) is 38.7 Å². The first kappa shape index (κ1) is 17.3. The average Bonchev–Trinajstić information content (AvgIpc) is 2.67. The number of aromatic nitrogens is 3. The molecule has 1 aliphatic heterocycles. The maximum atomic E-state index is 12.5. The first-order valence-corrected chi connectivity index (χ1v) is 8.44. The van der Waals surface area contributed by atoms with Crippen molar-refractivity contribution < 1.29 is 9.53 Å². The van der Waals surface area contributed by atoms with E-state index in [-0.39, 0.29) is 12.0 Å². The van der Waals surface area contributed by atoms with Crippen LogP contribution in [0.25, 0.3) is 0 Å². The lowest BCUT2D eigenvalue weighted by molar-refractivity contribution is -0.0248. The molecule has 132 valence electrons. The summed E-state index contributed by atoms with van der Waals surface area (Å²) in [6.07, 6.45) is 5.18. The molecular formula is C18H23N5O2. The fraction of sp³-hybridized carbons (Fsp3) is 0.444. The summed E-state index contributed by atoms with van der Waals surface area (Å²) in [6.45, 7) is 1.73. The largest absolute Gasteiger partial charge is 0.375 e. The number of carbonyl (C=O) groups excluding carboxylic acids is 1. The highest BCUT2D eigenvalue weighted by molar-refractivity contribution is 5.92. The molecule has 7 heteroatoms. The molecule has 0 bridgehead atoms. The predicted molar refractivity (Wildman–Crippen MR) is 94.6 cm³/mol. The highest BCUT2D eigenvalue weighted by Gasteiger charge is 2.25. The minimum Gasteiger partial charge on any atom is -0.375 e. The number of anilines is 1. The van der Waals surface area contributed by atoms with Crippen LogP contribution in [0.2, 0.25) is 0 Å². The van der Waals surface area contributed by atoms with Crippen LogP contribution in [0.15, 0.2) is 36.7 Å². The number of carbonyl (C=O) groups is 1. The molecule has 7 nitrogen and oxygen atoms in total. The smallest absolute Gasteiger partial charge is 0.274 e. The summed E-state index contributed by atoms with van der Waals surface area (Å²) >= 11 is 0. The summed E-state index contributed by atoms with van der Waals surface area (Å²) < 4.78 is 5.84. The second kappa shape index (κ2) is 8.02. The van der Waals surface area contributed by atoms with E-state index in [1.165, 1.54) is 5.56 Å². The van der Waals surface area contributed by atoms with Gasteiger partial charge in [0.25, 0.3) is 5.91 Å². The van der Waals surface area contributed by atoms with Crippen LogP contribution in [0.1, 0.15) is 22.5 Å². The molecule has 1 amide bonds. The van der Waals surface area contributed by atoms with Crippen molar-refractivity contribution in [3.63, 3.8) is 0 Å². The molecule has 2 aromatic heterocycles. The lowest BCUT2D eigenvalue weighted by Gasteiger charge is -2.32. The van der Waals surface area contributed by atoms with Gasteiger partial charge in [0.1, 0.15) is 5.82 Å². The second-order valence-corrected chi connectivity index (χ2v) is 6.31. The fourth-order valence-electron chi connectivity index (χ4n) is 2.84. The van der Waals surface area contributed by atoms with Gasteiger partial charge >= 0.3 is 0 Å². The Morgan fingerprint density at radius 3 is 3.00 bits per heavy atom. The van der Waals surface area contributed by atoms with E-state index < -0.39 is 0 Å². The number of hydrogen-bond donors (Lipinski definition) is 0. The van der Waals surface area contributed by atoms with Gasteiger partial charge in [-0.3, -0.25) is 4.79 Å². The Kier molecular flexibility index (Phi) is 5.55. The Morgan fingerprint density at radius 1 is 1.36 bits per heavy atom. The Balaban J connectivity index is 1.57. The van der Waals surface area contributed by atoms with Crippen LogP contribution in [-0.4, -0.2) is 65.9 Å². The molecule has 0 saturated carbocycles. The molecule has 0 N–H and O–H groups in total. The molecule has 1 aliphatic rings. The summed E-state index contributed by atoms with van der Waals surface area (Å²) in [7, 11) is 3.96. The number of nitrogens with zero attached hydrogens (tertiary/aromatic N) is 5. The molecule has 3 heterocycles. The number of ether oxygens (including phenoxy) is 1. The zero-order valence-corrected chi connectivity index (χ0v) is 14.6. The molecule has 0 radical (unpaired) electrons. The van der Waals surface area contributed by atoms with Gasteiger partial charge in [-0.05, 0) is 42.7 Å². The van der Waals surface area contributed by atoms with Gasteiger partial charge in [0.15, 0.2) is 5.69 Å². The molecular weight excluding hydrogens is 318 g/mol. The van der Waals surface area contributed by atoms with Crippen LogP contribution in [0.3, 0.4) is 0 Å². The molecule has 0 unspecified atom stereocenters. The van der Waals surface area contributed by atoms with Crippen molar-refractivity contribution in [3.8, 4) is 0 Å². The third-order valence-electron chi connectivity index (χ3n) is 4.24. The first-order valence-electron chi connectivity index (χ1n) is 8.44. The SMILES string of the molecule is CN(C)c1cc(CC[C@@H]2CN(C(=O)c3cccnn3)CCO2)ccn1. The Morgan fingerprint density at radius 2 is 2.24 bits per heavy atom. The van der Waals surface area contributed by atoms with E-state index in [0.717, 1.165) is 18.7 Å². The Hall–Kier alpha value is -2.54. The van der Waals surface area contributed by atoms with Gasteiger partial charge in [-0.15, -0.1) is 5.10 Å². The van der Waals surface area contributed by atoms with Crippen LogP contribution in [-0.2, 0) is 11.2 Å². The van der Waals surface area contributed by atoms with E-state index in [9.17, 15) is 4.79 Å². The second-order valence-electron chi connectivity index (χ2n) is 6.31. The van der Waals surface area contributed by atoms with Crippen molar-refractivity contribution in [2.24, 2.45) is 0 Å². The molecule has 0 spiro atoms. The number of hydrogen-bond acceptors (Lipinski definition) is 6. The first-order chi connectivity index (χ1) is 12.1. The summed E-state index contributed by atoms with van der Waals surface area (Å²) in [6, 6.07) is 7.53. The van der Waals surface area contributed by atoms with Crippen molar-refractivity contribution in [1.29, 1.82) is 0 Å². The van der Waals surface area contributed by atoms with Crippen molar-refractivity contribution in [1.82, 2.24) is 20.1 Å². The minimum absolute atomic E-state index is 0.0327. The summed E-state index contributed by atoms with van der Waals surface area (Å²) in [5.74, 6) is 0.863. The standard InChI is InChI=1S/C18H23N5O2/c1-22(2)17-12-14(7-9-19-17)5-6-15-13-23(10-11-25-15)18(24)16-4-3-8-20-21-16/h3-4,7-9,12,15H,5-6,10-11,13H2,1-2H3/t15-/m1/s1. The van der Waals surface area contributed by atoms with Gasteiger partial charge in [0, 0.05) is 39.6 Å². The molecule has 1 atom stereocenters. The molecule has 25 heavy (non-hydrogen) atoms. The number of rotatable bonds is 5. The number of amides is 1. The van der Waals surface area contributed by atoms with Crippen LogP contribution in [0.4, 0.5) is 5.82 Å². The summed E-state index contributed by atoms with van der Waals surface area (Å²) in [4.78, 5) is 20.6. The topological polar surface area (TPSA) is 71.5 Å². The quantitative estimate of drug-likeness (QED) is 0.819. The lowest BCUT2D eigenvalue weighted by atomic mass is 10.1. The van der Waals surface area contributed by atoms with E-state index in [1.54, 1.807) is 23.2 Å². The monoisotopic (exact) mass is 341 g/mol. The zero-order valence-electron chi connectivity index (χ0n) is 14.6. The maximum Gasteiger partial charge on any atom is 0.274 e. The van der Waals surface area contributed by atoms with Crippen molar-refractivity contribution in [2.45, 2.75) is 18.9 Å². The zero-order chi connectivity index (χ0) is 17.6. The highest BCUT2D eigenvalue weighted by atomic mass is 16.5. The van der Waals surface area contributed by atoms with Crippen LogP contribution in [0, 0.1) is 0 Å². The minimum atomic E-state index is -0.0831. The Bertz CT molecular complexity index is 708. The molecule has 0 aromatic carbocycles. The van der Waals surface area contributed by atoms with Gasteiger partial charge in [-0.25, -0.2) is 4.98 Å². The van der Waals surface area contributed by atoms with Gasteiger partial charge in [-0.1, -0.05) is 0 Å². The van der Waals surface area contributed by atoms with E-state index in [0.29, 0.717) is 25.4 Å². The van der Waals surface area contributed by atoms with E-state index in [4.69, 9.17) is 4.74 Å². The lowest BCUT2D eigenvalue weighted by Crippen LogP contribution is -2.46. The van der Waals surface area contributed by atoms with Crippen LogP contribution in [0.5, 0.6) is 0 Å². The molecule has 0 aliphatic carbocycles. The van der Waals surface area contributed by atoms with E-state index in [1.807, 2.05) is 31.3 Å². The van der Waals surface area contributed by atoms with Gasteiger partial charge in [0.2, 0.25) is 0 Å². The van der Waals surface area contributed by atoms with Crippen molar-refractivity contribution >= 4 is 11.7 Å². The van der Waals surface area contributed by atoms with Gasteiger partial charge < -0.3 is 14.5 Å². The predicted octanol–water partition coefficient (Wildman–Crippen LogP) is 1.41. The highest BCUT2D eigenvalue weighted by Crippen LogP contribution is 2.16. The van der Waals surface area contributed by atoms with Crippen LogP contribution >= 0.6 is 0 Å². The molecule has 1 saturated heterocycles. The third kappa shape index (κ3) is 4.51. The number of pyridine rings is 1. The van der Waals surface area contributed by atoms with Gasteiger partial charge in [-0.2, -0.15) is 5.10 Å². The third-order valence-corrected chi connectivity index (χ3v) is 4.24. The van der Waals surface area contributed by atoms with Crippen LogP contribution < -0.4 is 4.90 Å². The number of morpholine rings is 1. The van der Waals surface area contributed by atoms with Crippen molar-refractivity contribution in [3.05, 3.63) is 47.9 Å². The molecule has 3 rings (SSSR count). The molecule has 2 aromatic rings. The summed E-state index contributed by atoms with van der Waals surface area (Å²) in [5.41, 5.74) is 1.60. The van der Waals surface area contributed by atoms with E-state index >= 15 is 0 Å². The van der Waals surface area contributed by atoms with Gasteiger partial charge in [0.05, 0.1) is 12.7 Å². The van der Waals surface area contributed by atoms with E-state index in [2.05, 4.69) is 21.2 Å². The fourth-order valence-corrected chi connectivity index (χ4v) is 2.84. The molecule has 1 fully saturated rings. The number of aryl methyl sites for hydroxylation is 1. The summed E-state index contributed by atoms with van der Waals surface area (Å²) in [5, 5.41) is 7.68.